The van der Waals surface area contributed by atoms with Crippen LogP contribution in [0.5, 0.6) is 17.2 Å². The maximum absolute atomic E-state index is 6.23. The van der Waals surface area contributed by atoms with Gasteiger partial charge in [0.15, 0.2) is 0 Å². The quantitative estimate of drug-likeness (QED) is 0.887. The van der Waals surface area contributed by atoms with E-state index in [9.17, 15) is 0 Å². The largest absolute Gasteiger partial charge is 0.497 e. The molecule has 0 bridgehead atoms. The fourth-order valence-corrected chi connectivity index (χ4v) is 2.12. The molecule has 0 fully saturated rings. The first-order valence-corrected chi connectivity index (χ1v) is 6.81. The van der Waals surface area contributed by atoms with Crippen molar-refractivity contribution in [3.63, 3.8) is 0 Å². The smallest absolute Gasteiger partial charge is 0.124 e. The summed E-state index contributed by atoms with van der Waals surface area (Å²) in [6, 6.07) is 13.1. The molecule has 21 heavy (non-hydrogen) atoms. The van der Waals surface area contributed by atoms with Crippen molar-refractivity contribution in [2.24, 2.45) is 5.73 Å². The topological polar surface area (TPSA) is 53.7 Å². The lowest BCUT2D eigenvalue weighted by Crippen LogP contribution is -2.20. The molecule has 0 aromatic heterocycles. The fourth-order valence-electron chi connectivity index (χ4n) is 2.12. The number of methoxy groups -OCH3 is 2. The number of hydrogen-bond donors (Lipinski definition) is 1. The van der Waals surface area contributed by atoms with Gasteiger partial charge in [0.05, 0.1) is 20.3 Å². The van der Waals surface area contributed by atoms with Crippen molar-refractivity contribution in [3.8, 4) is 17.2 Å². The number of hydrogen-bond acceptors (Lipinski definition) is 4. The van der Waals surface area contributed by atoms with Crippen molar-refractivity contribution in [2.75, 3.05) is 20.8 Å². The van der Waals surface area contributed by atoms with Gasteiger partial charge in [0.2, 0.25) is 0 Å². The summed E-state index contributed by atoms with van der Waals surface area (Å²) in [6.45, 7) is 2.38. The molecule has 2 rings (SSSR count). The molecule has 0 spiro atoms. The normalized spacial score (nSPS) is 11.8. The minimum atomic E-state index is -0.297. The Labute approximate surface area is 125 Å². The average Bonchev–Trinajstić information content (AvgIpc) is 2.53. The Morgan fingerprint density at radius 1 is 1.00 bits per heavy atom. The van der Waals surface area contributed by atoms with E-state index < -0.39 is 0 Å². The SMILES string of the molecule is COc1ccc(OC)c(C(N)COc2ccccc2C)c1. The summed E-state index contributed by atoms with van der Waals surface area (Å²) < 4.78 is 16.4. The van der Waals surface area contributed by atoms with Gasteiger partial charge in [0.1, 0.15) is 23.9 Å². The Morgan fingerprint density at radius 3 is 2.43 bits per heavy atom. The molecule has 1 atom stereocenters. The zero-order chi connectivity index (χ0) is 15.2. The van der Waals surface area contributed by atoms with Crippen molar-refractivity contribution in [1.82, 2.24) is 0 Å². The van der Waals surface area contributed by atoms with Gasteiger partial charge in [0, 0.05) is 5.56 Å². The predicted octanol–water partition coefficient (Wildman–Crippen LogP) is 3.09. The molecule has 1 unspecified atom stereocenters. The minimum absolute atomic E-state index is 0.297. The molecule has 4 nitrogen and oxygen atoms in total. The van der Waals surface area contributed by atoms with Crippen LogP contribution < -0.4 is 19.9 Å². The van der Waals surface area contributed by atoms with E-state index in [1.54, 1.807) is 14.2 Å². The molecule has 0 saturated heterocycles. The van der Waals surface area contributed by atoms with Gasteiger partial charge < -0.3 is 19.9 Å². The number of para-hydroxylation sites is 1. The van der Waals surface area contributed by atoms with Crippen LogP contribution in [0, 0.1) is 6.92 Å². The molecular formula is C17H21NO3. The Kier molecular flexibility index (Phi) is 5.06. The molecule has 0 radical (unpaired) electrons. The first kappa shape index (κ1) is 15.2. The van der Waals surface area contributed by atoms with Crippen LogP contribution in [0.2, 0.25) is 0 Å². The van der Waals surface area contributed by atoms with Crippen molar-refractivity contribution in [1.29, 1.82) is 0 Å². The molecule has 2 N–H and O–H groups in total. The van der Waals surface area contributed by atoms with Crippen molar-refractivity contribution in [2.45, 2.75) is 13.0 Å². The average molecular weight is 287 g/mol. The van der Waals surface area contributed by atoms with Crippen LogP contribution in [0.25, 0.3) is 0 Å². The molecule has 4 heteroatoms. The van der Waals surface area contributed by atoms with Gasteiger partial charge in [-0.3, -0.25) is 0 Å². The lowest BCUT2D eigenvalue weighted by atomic mass is 10.1. The maximum Gasteiger partial charge on any atom is 0.124 e. The third kappa shape index (κ3) is 3.67. The van der Waals surface area contributed by atoms with Crippen LogP contribution in [-0.4, -0.2) is 20.8 Å². The van der Waals surface area contributed by atoms with E-state index in [2.05, 4.69) is 0 Å². The summed E-state index contributed by atoms with van der Waals surface area (Å²) in [6.07, 6.45) is 0. The summed E-state index contributed by atoms with van der Waals surface area (Å²) in [5.74, 6) is 2.32. The highest BCUT2D eigenvalue weighted by atomic mass is 16.5. The Morgan fingerprint density at radius 2 is 1.76 bits per heavy atom. The highest BCUT2D eigenvalue weighted by molar-refractivity contribution is 5.42. The van der Waals surface area contributed by atoms with E-state index in [1.165, 1.54) is 0 Å². The molecule has 0 heterocycles. The predicted molar refractivity (Wildman–Crippen MR) is 83.1 cm³/mol. The van der Waals surface area contributed by atoms with Gasteiger partial charge in [-0.05, 0) is 36.8 Å². The molecule has 0 aliphatic carbocycles. The van der Waals surface area contributed by atoms with Gasteiger partial charge in [-0.1, -0.05) is 18.2 Å². The summed E-state index contributed by atoms with van der Waals surface area (Å²) in [4.78, 5) is 0. The molecule has 0 amide bonds. The zero-order valence-corrected chi connectivity index (χ0v) is 12.6. The summed E-state index contributed by atoms with van der Waals surface area (Å²) in [5, 5.41) is 0. The van der Waals surface area contributed by atoms with E-state index >= 15 is 0 Å². The second-order valence-corrected chi connectivity index (χ2v) is 4.79. The second-order valence-electron chi connectivity index (χ2n) is 4.79. The minimum Gasteiger partial charge on any atom is -0.497 e. The zero-order valence-electron chi connectivity index (χ0n) is 12.6. The lowest BCUT2D eigenvalue weighted by Gasteiger charge is -2.18. The standard InChI is InChI=1S/C17H21NO3/c1-12-6-4-5-7-16(12)21-11-15(18)14-10-13(19-2)8-9-17(14)20-3/h4-10,15H,11,18H2,1-3H3. The molecule has 0 aliphatic heterocycles. The van der Waals surface area contributed by atoms with Gasteiger partial charge in [-0.25, -0.2) is 0 Å². The summed E-state index contributed by atoms with van der Waals surface area (Å²) in [7, 11) is 3.25. The van der Waals surface area contributed by atoms with Crippen LogP contribution in [0.1, 0.15) is 17.2 Å². The van der Waals surface area contributed by atoms with Crippen molar-refractivity contribution >= 4 is 0 Å². The van der Waals surface area contributed by atoms with Gasteiger partial charge >= 0.3 is 0 Å². The van der Waals surface area contributed by atoms with E-state index in [0.717, 1.165) is 28.4 Å². The molecular weight excluding hydrogens is 266 g/mol. The van der Waals surface area contributed by atoms with Crippen molar-refractivity contribution in [3.05, 3.63) is 53.6 Å². The van der Waals surface area contributed by atoms with Gasteiger partial charge in [0.25, 0.3) is 0 Å². The molecule has 0 aliphatic rings. The summed E-state index contributed by atoms with van der Waals surface area (Å²) in [5.41, 5.74) is 8.18. The van der Waals surface area contributed by atoms with E-state index in [0.29, 0.717) is 6.61 Å². The first-order valence-electron chi connectivity index (χ1n) is 6.81. The molecule has 0 saturated carbocycles. The van der Waals surface area contributed by atoms with E-state index in [4.69, 9.17) is 19.9 Å². The molecule has 2 aromatic rings. The molecule has 112 valence electrons. The number of rotatable bonds is 6. The number of benzene rings is 2. The van der Waals surface area contributed by atoms with Crippen LogP contribution in [0.4, 0.5) is 0 Å². The number of ether oxygens (including phenoxy) is 3. The fraction of sp³-hybridized carbons (Fsp3) is 0.294. The lowest BCUT2D eigenvalue weighted by molar-refractivity contribution is 0.284. The number of aryl methyl sites for hydroxylation is 1. The van der Waals surface area contributed by atoms with Gasteiger partial charge in [-0.2, -0.15) is 0 Å². The second kappa shape index (κ2) is 6.99. The van der Waals surface area contributed by atoms with E-state index in [1.807, 2.05) is 49.4 Å². The third-order valence-electron chi connectivity index (χ3n) is 3.35. The van der Waals surface area contributed by atoms with Gasteiger partial charge in [-0.15, -0.1) is 0 Å². The van der Waals surface area contributed by atoms with Crippen LogP contribution >= 0.6 is 0 Å². The highest BCUT2D eigenvalue weighted by Gasteiger charge is 2.14. The molecule has 2 aromatic carbocycles. The van der Waals surface area contributed by atoms with Crippen molar-refractivity contribution < 1.29 is 14.2 Å². The maximum atomic E-state index is 6.23. The van der Waals surface area contributed by atoms with Crippen LogP contribution in [0.15, 0.2) is 42.5 Å². The van der Waals surface area contributed by atoms with Crippen LogP contribution in [-0.2, 0) is 0 Å². The first-order chi connectivity index (χ1) is 10.2. The highest BCUT2D eigenvalue weighted by Crippen LogP contribution is 2.29. The van der Waals surface area contributed by atoms with E-state index in [-0.39, 0.29) is 6.04 Å². The monoisotopic (exact) mass is 287 g/mol. The van der Waals surface area contributed by atoms with Crippen LogP contribution in [0.3, 0.4) is 0 Å². The third-order valence-corrected chi connectivity index (χ3v) is 3.35. The summed E-state index contributed by atoms with van der Waals surface area (Å²) >= 11 is 0. The Hall–Kier alpha value is -2.20. The number of nitrogens with two attached hydrogens (primary N) is 1. The Balaban J connectivity index is 2.13. The Bertz CT molecular complexity index is 598.